The fourth-order valence-electron chi connectivity index (χ4n) is 7.86. The third-order valence-electron chi connectivity index (χ3n) is 11.0. The van der Waals surface area contributed by atoms with Crippen LogP contribution in [0, 0.1) is 0 Å². The van der Waals surface area contributed by atoms with Crippen molar-refractivity contribution >= 4 is 34.1 Å². The topological polar surface area (TPSA) is 35.9 Å². The van der Waals surface area contributed by atoms with Crippen molar-refractivity contribution in [2.24, 2.45) is 0 Å². The molecule has 9 aromatic carbocycles. The van der Waals surface area contributed by atoms with Crippen molar-refractivity contribution in [3.8, 4) is 50.3 Å². The van der Waals surface area contributed by atoms with E-state index in [0.29, 0.717) is 11.3 Å². The molecule has 9 rings (SSSR count). The molecule has 0 unspecified atom stereocenters. The van der Waals surface area contributed by atoms with Gasteiger partial charge in [-0.05, 0) is 99.1 Å². The van der Waals surface area contributed by atoms with Gasteiger partial charge < -0.3 is 19.6 Å². The summed E-state index contributed by atoms with van der Waals surface area (Å²) in [6.07, 6.45) is 0. The number of aliphatic hydroxyl groups excluding tert-OH is 1. The van der Waals surface area contributed by atoms with E-state index in [2.05, 4.69) is 216 Å². The van der Waals surface area contributed by atoms with Crippen LogP contribution < -0.4 is 14.5 Å². The van der Waals surface area contributed by atoms with E-state index < -0.39 is 0 Å². The SMILES string of the molecule is COc1cc(N(c2ccc(-c3ccccc3)cc2)c2ccc(-c3ccccc3)cc2)c(N(c2ccc(-c3ccccc3)cc2)c2ccc(-c3ccccc3)cc2)cc1CO. The molecule has 4 heteroatoms. The molecule has 0 spiro atoms. The molecule has 0 atom stereocenters. The summed E-state index contributed by atoms with van der Waals surface area (Å²) >= 11 is 0. The lowest BCUT2D eigenvalue weighted by Crippen LogP contribution is -2.18. The first-order valence-corrected chi connectivity index (χ1v) is 20.2. The Morgan fingerprint density at radius 2 is 0.583 bits per heavy atom. The van der Waals surface area contributed by atoms with E-state index in [4.69, 9.17) is 4.74 Å². The number of ether oxygens (including phenoxy) is 1. The monoisotopic (exact) mass is 776 g/mol. The molecule has 0 aromatic heterocycles. The number of hydrogen-bond acceptors (Lipinski definition) is 4. The third kappa shape index (κ3) is 7.93. The predicted octanol–water partition coefficient (Wildman–Crippen LogP) is 14.8. The highest BCUT2D eigenvalue weighted by Gasteiger charge is 2.25. The molecule has 0 saturated carbocycles. The van der Waals surface area contributed by atoms with Gasteiger partial charge in [0, 0.05) is 34.4 Å². The van der Waals surface area contributed by atoms with E-state index in [1.54, 1.807) is 7.11 Å². The van der Waals surface area contributed by atoms with Crippen LogP contribution in [0.4, 0.5) is 34.1 Å². The minimum atomic E-state index is -0.193. The summed E-state index contributed by atoms with van der Waals surface area (Å²) in [5.74, 6) is 0.599. The van der Waals surface area contributed by atoms with Crippen molar-refractivity contribution in [1.82, 2.24) is 0 Å². The highest BCUT2D eigenvalue weighted by atomic mass is 16.5. The molecule has 1 N–H and O–H groups in total. The molecule has 0 aliphatic carbocycles. The molecule has 0 amide bonds. The zero-order valence-corrected chi connectivity index (χ0v) is 33.4. The van der Waals surface area contributed by atoms with Crippen molar-refractivity contribution in [3.05, 3.63) is 236 Å². The van der Waals surface area contributed by atoms with Crippen LogP contribution in [0.3, 0.4) is 0 Å². The van der Waals surface area contributed by atoms with Crippen molar-refractivity contribution in [3.63, 3.8) is 0 Å². The van der Waals surface area contributed by atoms with Crippen LogP contribution in [0.25, 0.3) is 44.5 Å². The van der Waals surface area contributed by atoms with E-state index in [-0.39, 0.29) is 6.61 Å². The van der Waals surface area contributed by atoms with Crippen molar-refractivity contribution in [2.75, 3.05) is 16.9 Å². The summed E-state index contributed by atoms with van der Waals surface area (Å²) in [4.78, 5) is 4.56. The molecule has 9 aromatic rings. The Kier molecular flexibility index (Phi) is 11.0. The van der Waals surface area contributed by atoms with Crippen LogP contribution in [0.2, 0.25) is 0 Å². The lowest BCUT2D eigenvalue weighted by Gasteiger charge is -2.34. The Bertz CT molecular complexity index is 2410. The molecule has 0 aliphatic heterocycles. The van der Waals surface area contributed by atoms with Crippen molar-refractivity contribution < 1.29 is 9.84 Å². The molecule has 290 valence electrons. The second kappa shape index (κ2) is 17.5. The maximum absolute atomic E-state index is 10.9. The molecule has 4 nitrogen and oxygen atoms in total. The summed E-state index contributed by atoms with van der Waals surface area (Å²) in [6, 6.07) is 80.7. The molecule has 0 radical (unpaired) electrons. The lowest BCUT2D eigenvalue weighted by atomic mass is 10.0. The van der Waals surface area contributed by atoms with E-state index in [1.165, 1.54) is 0 Å². The van der Waals surface area contributed by atoms with Crippen LogP contribution >= 0.6 is 0 Å². The summed E-state index contributed by atoms with van der Waals surface area (Å²) in [5, 5.41) is 10.9. The Hall–Kier alpha value is -7.66. The van der Waals surface area contributed by atoms with Gasteiger partial charge in [0.15, 0.2) is 0 Å². The largest absolute Gasteiger partial charge is 0.496 e. The zero-order chi connectivity index (χ0) is 40.7. The maximum atomic E-state index is 10.9. The van der Waals surface area contributed by atoms with Gasteiger partial charge in [0.2, 0.25) is 0 Å². The second-order valence-electron chi connectivity index (χ2n) is 14.6. The smallest absolute Gasteiger partial charge is 0.126 e. The number of aliphatic hydroxyl groups is 1. The minimum absolute atomic E-state index is 0.193. The minimum Gasteiger partial charge on any atom is -0.496 e. The van der Waals surface area contributed by atoms with Crippen molar-refractivity contribution in [1.29, 1.82) is 0 Å². The highest BCUT2D eigenvalue weighted by Crippen LogP contribution is 2.49. The number of benzene rings is 9. The summed E-state index contributed by atoms with van der Waals surface area (Å²) in [6.45, 7) is -0.193. The van der Waals surface area contributed by atoms with Crippen LogP contribution in [0.15, 0.2) is 231 Å². The molecule has 0 saturated heterocycles. The van der Waals surface area contributed by atoms with E-state index >= 15 is 0 Å². The molecule has 0 bridgehead atoms. The van der Waals surface area contributed by atoms with Gasteiger partial charge >= 0.3 is 0 Å². The maximum Gasteiger partial charge on any atom is 0.126 e. The number of methoxy groups -OCH3 is 1. The Morgan fingerprint density at radius 3 is 0.833 bits per heavy atom. The molecule has 0 fully saturated rings. The van der Waals surface area contributed by atoms with Gasteiger partial charge in [0.1, 0.15) is 5.75 Å². The first-order chi connectivity index (χ1) is 29.7. The normalized spacial score (nSPS) is 10.9. The van der Waals surface area contributed by atoms with Gasteiger partial charge in [0.25, 0.3) is 0 Å². The second-order valence-corrected chi connectivity index (χ2v) is 14.6. The predicted molar refractivity (Wildman–Crippen MR) is 250 cm³/mol. The van der Waals surface area contributed by atoms with Gasteiger partial charge in [-0.25, -0.2) is 0 Å². The van der Waals surface area contributed by atoms with Gasteiger partial charge in [-0.2, -0.15) is 0 Å². The summed E-state index contributed by atoms with van der Waals surface area (Å²) in [5.41, 5.74) is 15.4. The standard InChI is InChI=1S/C56H44N2O2/c1-60-56-39-55(58(52-34-26-47(27-35-52)43-18-10-4-11-19-43)53-36-28-48(29-37-53)44-20-12-5-13-21-44)54(38-49(56)40-59)57(50-30-22-45(23-31-50)41-14-6-2-7-15-41)51-32-24-46(25-33-51)42-16-8-3-9-17-42/h2-39,59H,40H2,1H3. The first-order valence-electron chi connectivity index (χ1n) is 20.2. The van der Waals surface area contributed by atoms with Crippen molar-refractivity contribution in [2.45, 2.75) is 6.61 Å². The number of rotatable bonds is 12. The fourth-order valence-corrected chi connectivity index (χ4v) is 7.86. The van der Waals surface area contributed by atoms with Gasteiger partial charge in [-0.3, -0.25) is 0 Å². The fraction of sp³-hybridized carbons (Fsp3) is 0.0357. The summed E-state index contributed by atoms with van der Waals surface area (Å²) in [7, 11) is 1.66. The van der Waals surface area contributed by atoms with E-state index in [1.807, 2.05) is 24.3 Å². The molecule has 0 heterocycles. The van der Waals surface area contributed by atoms with Crippen LogP contribution in [0.5, 0.6) is 5.75 Å². The Morgan fingerprint density at radius 1 is 0.333 bits per heavy atom. The van der Waals surface area contributed by atoms with Gasteiger partial charge in [-0.15, -0.1) is 0 Å². The van der Waals surface area contributed by atoms with Gasteiger partial charge in [-0.1, -0.05) is 170 Å². The Labute approximate surface area is 352 Å². The third-order valence-corrected chi connectivity index (χ3v) is 11.0. The van der Waals surface area contributed by atoms with Crippen LogP contribution in [0.1, 0.15) is 5.56 Å². The van der Waals surface area contributed by atoms with Crippen LogP contribution in [-0.4, -0.2) is 12.2 Å². The number of nitrogens with zero attached hydrogens (tertiary/aromatic N) is 2. The first kappa shape index (κ1) is 37.9. The molecule has 60 heavy (non-hydrogen) atoms. The van der Waals surface area contributed by atoms with Crippen LogP contribution in [-0.2, 0) is 6.61 Å². The molecular weight excluding hydrogens is 733 g/mol. The molecule has 0 aliphatic rings. The number of hydrogen-bond donors (Lipinski definition) is 1. The average Bonchev–Trinajstić information content (AvgIpc) is 3.34. The average molecular weight is 777 g/mol. The Balaban J connectivity index is 1.25. The van der Waals surface area contributed by atoms with E-state index in [9.17, 15) is 5.11 Å². The zero-order valence-electron chi connectivity index (χ0n) is 33.4. The number of anilines is 6. The highest BCUT2D eigenvalue weighted by molar-refractivity contribution is 5.93. The quantitative estimate of drug-likeness (QED) is 0.134. The lowest BCUT2D eigenvalue weighted by molar-refractivity contribution is 0.274. The van der Waals surface area contributed by atoms with E-state index in [0.717, 1.165) is 78.6 Å². The summed E-state index contributed by atoms with van der Waals surface area (Å²) < 4.78 is 6.02. The van der Waals surface area contributed by atoms with Gasteiger partial charge in [0.05, 0.1) is 25.1 Å². The molecular formula is C56H44N2O2.